The SMILES string of the molecule is CC(C)c1ccc(-n2ccnc2SCCCn2c(=O)c3c(ncn3C)n(C)c2=O)cc1. The average molecular weight is 439 g/mol. The summed E-state index contributed by atoms with van der Waals surface area (Å²) in [5.74, 6) is 1.23. The third kappa shape index (κ3) is 3.97. The normalized spacial score (nSPS) is 11.6. The summed E-state index contributed by atoms with van der Waals surface area (Å²) < 4.78 is 6.44. The van der Waals surface area contributed by atoms with Crippen molar-refractivity contribution in [3.63, 3.8) is 0 Å². The van der Waals surface area contributed by atoms with Gasteiger partial charge in [0.05, 0.1) is 6.33 Å². The Balaban J connectivity index is 1.46. The van der Waals surface area contributed by atoms with Crippen molar-refractivity contribution >= 4 is 22.9 Å². The van der Waals surface area contributed by atoms with Crippen LogP contribution in [0.25, 0.3) is 16.9 Å². The zero-order chi connectivity index (χ0) is 22.1. The van der Waals surface area contributed by atoms with Crippen molar-refractivity contribution in [2.24, 2.45) is 14.1 Å². The Labute approximate surface area is 184 Å². The second-order valence-corrected chi connectivity index (χ2v) is 8.92. The number of nitrogens with zero attached hydrogens (tertiary/aromatic N) is 6. The van der Waals surface area contributed by atoms with Crippen LogP contribution in [-0.2, 0) is 20.6 Å². The Hall–Kier alpha value is -3.07. The van der Waals surface area contributed by atoms with Crippen molar-refractivity contribution in [2.75, 3.05) is 5.75 Å². The van der Waals surface area contributed by atoms with Gasteiger partial charge in [0, 0.05) is 44.5 Å². The van der Waals surface area contributed by atoms with Gasteiger partial charge in [-0.1, -0.05) is 37.7 Å². The van der Waals surface area contributed by atoms with Crippen molar-refractivity contribution in [1.82, 2.24) is 28.2 Å². The number of rotatable bonds is 7. The molecule has 31 heavy (non-hydrogen) atoms. The highest BCUT2D eigenvalue weighted by Gasteiger charge is 2.15. The molecule has 4 rings (SSSR count). The molecule has 0 spiro atoms. The first-order valence-corrected chi connectivity index (χ1v) is 11.2. The molecule has 0 aliphatic rings. The molecule has 9 heteroatoms. The first kappa shape index (κ1) is 21.2. The van der Waals surface area contributed by atoms with Gasteiger partial charge in [0.15, 0.2) is 16.3 Å². The van der Waals surface area contributed by atoms with E-state index < -0.39 is 0 Å². The van der Waals surface area contributed by atoms with Gasteiger partial charge in [-0.15, -0.1) is 0 Å². The van der Waals surface area contributed by atoms with Crippen LogP contribution in [0, 0.1) is 0 Å². The molecule has 3 heterocycles. The molecule has 0 unspecified atom stereocenters. The van der Waals surface area contributed by atoms with Gasteiger partial charge in [0.2, 0.25) is 0 Å². The molecule has 1 aromatic carbocycles. The fraction of sp³-hybridized carbons (Fsp3) is 0.364. The summed E-state index contributed by atoms with van der Waals surface area (Å²) in [7, 11) is 3.40. The summed E-state index contributed by atoms with van der Waals surface area (Å²) in [5, 5.41) is 0.889. The lowest BCUT2D eigenvalue weighted by molar-refractivity contribution is 0.594. The van der Waals surface area contributed by atoms with Gasteiger partial charge < -0.3 is 4.57 Å². The molecule has 0 radical (unpaired) electrons. The molecule has 0 aliphatic heterocycles. The first-order chi connectivity index (χ1) is 14.9. The number of fused-ring (bicyclic) bond motifs is 1. The van der Waals surface area contributed by atoms with Crippen LogP contribution in [0.1, 0.15) is 31.7 Å². The Morgan fingerprint density at radius 3 is 2.52 bits per heavy atom. The summed E-state index contributed by atoms with van der Waals surface area (Å²) >= 11 is 1.61. The number of thioether (sulfide) groups is 1. The number of hydrogen-bond donors (Lipinski definition) is 0. The minimum Gasteiger partial charge on any atom is -0.328 e. The van der Waals surface area contributed by atoms with Crippen molar-refractivity contribution in [3.05, 3.63) is 69.4 Å². The second kappa shape index (κ2) is 8.58. The summed E-state index contributed by atoms with van der Waals surface area (Å²) in [6.07, 6.45) is 5.96. The molecule has 0 aliphatic carbocycles. The maximum absolute atomic E-state index is 12.8. The number of hydrogen-bond acceptors (Lipinski definition) is 5. The van der Waals surface area contributed by atoms with E-state index in [4.69, 9.17) is 0 Å². The first-order valence-electron chi connectivity index (χ1n) is 10.3. The lowest BCUT2D eigenvalue weighted by Crippen LogP contribution is -2.39. The fourth-order valence-corrected chi connectivity index (χ4v) is 4.49. The van der Waals surface area contributed by atoms with Gasteiger partial charge in [-0.2, -0.15) is 0 Å². The predicted octanol–water partition coefficient (Wildman–Crippen LogP) is 2.93. The van der Waals surface area contributed by atoms with Gasteiger partial charge in [0.1, 0.15) is 0 Å². The van der Waals surface area contributed by atoms with Gasteiger partial charge in [-0.05, 0) is 30.0 Å². The zero-order valence-corrected chi connectivity index (χ0v) is 19.0. The average Bonchev–Trinajstić information content (AvgIpc) is 3.38. The van der Waals surface area contributed by atoms with Crippen molar-refractivity contribution in [2.45, 2.75) is 37.9 Å². The van der Waals surface area contributed by atoms with E-state index in [9.17, 15) is 9.59 Å². The lowest BCUT2D eigenvalue weighted by atomic mass is 10.0. The quantitative estimate of drug-likeness (QED) is 0.327. The topological polar surface area (TPSA) is 79.6 Å². The van der Waals surface area contributed by atoms with E-state index in [-0.39, 0.29) is 11.2 Å². The Morgan fingerprint density at radius 1 is 1.06 bits per heavy atom. The van der Waals surface area contributed by atoms with Gasteiger partial charge in [-0.3, -0.25) is 18.5 Å². The Morgan fingerprint density at radius 2 is 1.81 bits per heavy atom. The molecule has 0 amide bonds. The molecule has 0 fully saturated rings. The molecule has 8 nitrogen and oxygen atoms in total. The van der Waals surface area contributed by atoms with E-state index in [1.165, 1.54) is 14.7 Å². The Bertz CT molecular complexity index is 1330. The minimum absolute atomic E-state index is 0.296. The smallest absolute Gasteiger partial charge is 0.328 e. The number of aryl methyl sites for hydroxylation is 2. The van der Waals surface area contributed by atoms with Crippen LogP contribution in [0.3, 0.4) is 0 Å². The summed E-state index contributed by atoms with van der Waals surface area (Å²) in [6.45, 7) is 4.71. The van der Waals surface area contributed by atoms with Crippen LogP contribution >= 0.6 is 11.8 Å². The summed E-state index contributed by atoms with van der Waals surface area (Å²) in [4.78, 5) is 34.0. The number of benzene rings is 1. The van der Waals surface area contributed by atoms with Crippen LogP contribution < -0.4 is 11.2 Å². The summed E-state index contributed by atoms with van der Waals surface area (Å²) in [5.41, 5.74) is 2.58. The van der Waals surface area contributed by atoms with Gasteiger partial charge in [-0.25, -0.2) is 14.8 Å². The fourth-order valence-electron chi connectivity index (χ4n) is 3.59. The van der Waals surface area contributed by atoms with E-state index >= 15 is 0 Å². The van der Waals surface area contributed by atoms with Crippen molar-refractivity contribution < 1.29 is 0 Å². The zero-order valence-electron chi connectivity index (χ0n) is 18.1. The van der Waals surface area contributed by atoms with E-state index in [0.29, 0.717) is 30.0 Å². The van der Waals surface area contributed by atoms with Crippen molar-refractivity contribution in [1.29, 1.82) is 0 Å². The third-order valence-electron chi connectivity index (χ3n) is 5.40. The highest BCUT2D eigenvalue weighted by molar-refractivity contribution is 7.99. The standard InChI is InChI=1S/C22H26N6O2S/c1-15(2)16-6-8-17(9-7-16)27-12-10-23-21(27)31-13-5-11-28-20(29)18-19(24-14-25(18)3)26(4)22(28)30/h6-10,12,14-15H,5,11,13H2,1-4H3. The third-order valence-corrected chi connectivity index (χ3v) is 6.46. The molecule has 0 saturated carbocycles. The predicted molar refractivity (Wildman–Crippen MR) is 123 cm³/mol. The highest BCUT2D eigenvalue weighted by Crippen LogP contribution is 2.23. The highest BCUT2D eigenvalue weighted by atomic mass is 32.2. The molecule has 162 valence electrons. The van der Waals surface area contributed by atoms with Crippen molar-refractivity contribution in [3.8, 4) is 5.69 Å². The van der Waals surface area contributed by atoms with Crippen LogP contribution in [-0.4, -0.2) is 34.0 Å². The van der Waals surface area contributed by atoms with E-state index in [0.717, 1.165) is 16.6 Å². The van der Waals surface area contributed by atoms with Gasteiger partial charge in [0.25, 0.3) is 5.56 Å². The monoisotopic (exact) mass is 438 g/mol. The molecule has 0 atom stereocenters. The van der Waals surface area contributed by atoms with E-state index in [2.05, 4.69) is 52.6 Å². The molecule has 0 saturated heterocycles. The molecule has 4 aromatic rings. The van der Waals surface area contributed by atoms with E-state index in [1.807, 2.05) is 6.20 Å². The van der Waals surface area contributed by atoms with Crippen LogP contribution in [0.4, 0.5) is 0 Å². The lowest BCUT2D eigenvalue weighted by Gasteiger charge is -2.11. The molecular formula is C22H26N6O2S. The maximum atomic E-state index is 12.8. The minimum atomic E-state index is -0.340. The second-order valence-electron chi connectivity index (χ2n) is 7.85. The molecule has 0 N–H and O–H groups in total. The molecule has 3 aromatic heterocycles. The summed E-state index contributed by atoms with van der Waals surface area (Å²) in [6, 6.07) is 8.50. The number of aromatic nitrogens is 6. The molecular weight excluding hydrogens is 412 g/mol. The van der Waals surface area contributed by atoms with Crippen LogP contribution in [0.2, 0.25) is 0 Å². The van der Waals surface area contributed by atoms with Crippen LogP contribution in [0.5, 0.6) is 0 Å². The van der Waals surface area contributed by atoms with E-state index in [1.54, 1.807) is 42.9 Å². The molecule has 0 bridgehead atoms. The maximum Gasteiger partial charge on any atom is 0.332 e. The number of imidazole rings is 2. The van der Waals surface area contributed by atoms with Crippen LogP contribution in [0.15, 0.2) is 57.7 Å². The Kier molecular flexibility index (Phi) is 5.86. The van der Waals surface area contributed by atoms with Gasteiger partial charge >= 0.3 is 5.69 Å². The largest absolute Gasteiger partial charge is 0.332 e.